The van der Waals surface area contributed by atoms with Crippen molar-refractivity contribution >= 4 is 5.82 Å². The highest BCUT2D eigenvalue weighted by Gasteiger charge is 2.21. The van der Waals surface area contributed by atoms with E-state index in [2.05, 4.69) is 15.0 Å². The number of halogens is 1. The van der Waals surface area contributed by atoms with Gasteiger partial charge in [0.1, 0.15) is 17.5 Å². The highest BCUT2D eigenvalue weighted by molar-refractivity contribution is 5.66. The molecule has 5 heteroatoms. The first-order valence-corrected chi connectivity index (χ1v) is 6.04. The first kappa shape index (κ1) is 13.4. The molecule has 0 aliphatic rings. The maximum atomic E-state index is 13.3. The molecule has 0 fully saturated rings. The molecule has 100 valence electrons. The third kappa shape index (κ3) is 2.70. The van der Waals surface area contributed by atoms with E-state index >= 15 is 0 Å². The van der Waals surface area contributed by atoms with Crippen molar-refractivity contribution in [2.24, 2.45) is 0 Å². The van der Waals surface area contributed by atoms with Crippen LogP contribution >= 0.6 is 0 Å². The summed E-state index contributed by atoms with van der Waals surface area (Å²) in [7, 11) is 0. The number of pyridine rings is 1. The van der Waals surface area contributed by atoms with Gasteiger partial charge in [0, 0.05) is 22.7 Å². The summed E-state index contributed by atoms with van der Waals surface area (Å²) in [5.74, 6) is 0.653. The van der Waals surface area contributed by atoms with Gasteiger partial charge in [-0.05, 0) is 13.0 Å². The zero-order chi connectivity index (χ0) is 14.2. The summed E-state index contributed by atoms with van der Waals surface area (Å²) in [6.45, 7) is 7.84. The summed E-state index contributed by atoms with van der Waals surface area (Å²) in [4.78, 5) is 12.7. The minimum atomic E-state index is -0.397. The van der Waals surface area contributed by atoms with Gasteiger partial charge >= 0.3 is 0 Å². The smallest absolute Gasteiger partial charge is 0.142 e. The minimum Gasteiger partial charge on any atom is -0.383 e. The largest absolute Gasteiger partial charge is 0.383 e. The molecule has 0 aliphatic heterocycles. The van der Waals surface area contributed by atoms with Crippen molar-refractivity contribution < 1.29 is 4.39 Å². The van der Waals surface area contributed by atoms with Crippen molar-refractivity contribution in [3.63, 3.8) is 0 Å². The van der Waals surface area contributed by atoms with Crippen LogP contribution in [0.4, 0.5) is 10.2 Å². The SMILES string of the molecule is Cc1c(N)nc(C(C)(C)C)nc1-c1cncc(F)c1. The van der Waals surface area contributed by atoms with E-state index in [1.54, 1.807) is 6.20 Å². The topological polar surface area (TPSA) is 64.7 Å². The number of hydrogen-bond donors (Lipinski definition) is 1. The number of nitrogens with two attached hydrogens (primary N) is 1. The zero-order valence-corrected chi connectivity index (χ0v) is 11.5. The molecule has 2 aromatic heterocycles. The predicted octanol–water partition coefficient (Wildman–Crippen LogP) is 2.87. The van der Waals surface area contributed by atoms with Crippen LogP contribution in [0.15, 0.2) is 18.5 Å². The molecule has 0 saturated heterocycles. The van der Waals surface area contributed by atoms with E-state index in [9.17, 15) is 4.39 Å². The summed E-state index contributed by atoms with van der Waals surface area (Å²) >= 11 is 0. The van der Waals surface area contributed by atoms with Crippen molar-refractivity contribution in [2.75, 3.05) is 5.73 Å². The predicted molar refractivity (Wildman–Crippen MR) is 73.1 cm³/mol. The molecule has 2 aromatic rings. The number of nitrogen functional groups attached to an aromatic ring is 1. The zero-order valence-electron chi connectivity index (χ0n) is 11.5. The van der Waals surface area contributed by atoms with E-state index in [0.717, 1.165) is 11.8 Å². The number of aromatic nitrogens is 3. The van der Waals surface area contributed by atoms with E-state index in [-0.39, 0.29) is 5.41 Å². The van der Waals surface area contributed by atoms with Crippen LogP contribution in [0.25, 0.3) is 11.3 Å². The van der Waals surface area contributed by atoms with Gasteiger partial charge in [0.25, 0.3) is 0 Å². The summed E-state index contributed by atoms with van der Waals surface area (Å²) in [5.41, 5.74) is 7.68. The van der Waals surface area contributed by atoms with Gasteiger partial charge in [0.15, 0.2) is 0 Å². The molecule has 0 radical (unpaired) electrons. The summed E-state index contributed by atoms with van der Waals surface area (Å²) < 4.78 is 13.3. The van der Waals surface area contributed by atoms with E-state index in [1.165, 1.54) is 6.07 Å². The van der Waals surface area contributed by atoms with Crippen molar-refractivity contribution in [3.8, 4) is 11.3 Å². The molecular formula is C14H17FN4. The van der Waals surface area contributed by atoms with Gasteiger partial charge < -0.3 is 5.73 Å². The third-order valence-electron chi connectivity index (χ3n) is 2.83. The van der Waals surface area contributed by atoms with Crippen molar-refractivity contribution in [1.29, 1.82) is 0 Å². The Labute approximate surface area is 111 Å². The minimum absolute atomic E-state index is 0.225. The Kier molecular flexibility index (Phi) is 3.22. The molecule has 0 aliphatic carbocycles. The Morgan fingerprint density at radius 1 is 1.16 bits per heavy atom. The first-order valence-electron chi connectivity index (χ1n) is 6.04. The number of rotatable bonds is 1. The Morgan fingerprint density at radius 2 is 1.84 bits per heavy atom. The second-order valence-corrected chi connectivity index (χ2v) is 5.55. The van der Waals surface area contributed by atoms with E-state index in [4.69, 9.17) is 5.73 Å². The van der Waals surface area contributed by atoms with Crippen LogP contribution in [0.3, 0.4) is 0 Å². The molecule has 0 bridgehead atoms. The van der Waals surface area contributed by atoms with Crippen LogP contribution in [0.1, 0.15) is 32.2 Å². The van der Waals surface area contributed by atoms with E-state index in [1.807, 2.05) is 27.7 Å². The van der Waals surface area contributed by atoms with Gasteiger partial charge in [0.05, 0.1) is 11.9 Å². The van der Waals surface area contributed by atoms with Crippen LogP contribution < -0.4 is 5.73 Å². The lowest BCUT2D eigenvalue weighted by atomic mass is 9.95. The molecule has 2 N–H and O–H groups in total. The van der Waals surface area contributed by atoms with E-state index < -0.39 is 5.82 Å². The lowest BCUT2D eigenvalue weighted by Crippen LogP contribution is -2.18. The average Bonchev–Trinajstić information content (AvgIpc) is 2.31. The second kappa shape index (κ2) is 4.57. The molecule has 19 heavy (non-hydrogen) atoms. The Bertz CT molecular complexity index is 617. The fourth-order valence-electron chi connectivity index (χ4n) is 1.69. The maximum Gasteiger partial charge on any atom is 0.142 e. The van der Waals surface area contributed by atoms with Crippen LogP contribution in [0, 0.1) is 12.7 Å². The molecular weight excluding hydrogens is 243 g/mol. The molecule has 0 spiro atoms. The van der Waals surface area contributed by atoms with Crippen LogP contribution in [-0.4, -0.2) is 15.0 Å². The fourth-order valence-corrected chi connectivity index (χ4v) is 1.69. The first-order chi connectivity index (χ1) is 8.79. The van der Waals surface area contributed by atoms with Gasteiger partial charge in [-0.3, -0.25) is 4.98 Å². The lowest BCUT2D eigenvalue weighted by molar-refractivity contribution is 0.546. The fraction of sp³-hybridized carbons (Fsp3) is 0.357. The van der Waals surface area contributed by atoms with Crippen molar-refractivity contribution in [2.45, 2.75) is 33.1 Å². The number of hydrogen-bond acceptors (Lipinski definition) is 4. The highest BCUT2D eigenvalue weighted by atomic mass is 19.1. The Balaban J connectivity index is 2.66. The van der Waals surface area contributed by atoms with Gasteiger partial charge in [-0.15, -0.1) is 0 Å². The Morgan fingerprint density at radius 3 is 2.42 bits per heavy atom. The number of nitrogens with zero attached hydrogens (tertiary/aromatic N) is 3. The third-order valence-corrected chi connectivity index (χ3v) is 2.83. The van der Waals surface area contributed by atoms with Crippen LogP contribution in [0.5, 0.6) is 0 Å². The molecule has 0 atom stereocenters. The molecule has 2 rings (SSSR count). The number of anilines is 1. The Hall–Kier alpha value is -2.04. The molecule has 4 nitrogen and oxygen atoms in total. The second-order valence-electron chi connectivity index (χ2n) is 5.55. The van der Waals surface area contributed by atoms with Gasteiger partial charge in [-0.25, -0.2) is 14.4 Å². The van der Waals surface area contributed by atoms with Crippen molar-refractivity contribution in [1.82, 2.24) is 15.0 Å². The highest BCUT2D eigenvalue weighted by Crippen LogP contribution is 2.28. The van der Waals surface area contributed by atoms with E-state index in [0.29, 0.717) is 22.9 Å². The average molecular weight is 260 g/mol. The summed E-state index contributed by atoms with van der Waals surface area (Å²) in [6.07, 6.45) is 2.73. The summed E-state index contributed by atoms with van der Waals surface area (Å²) in [5, 5.41) is 0. The van der Waals surface area contributed by atoms with Crippen LogP contribution in [-0.2, 0) is 5.41 Å². The quantitative estimate of drug-likeness (QED) is 0.856. The maximum absolute atomic E-state index is 13.3. The lowest BCUT2D eigenvalue weighted by Gasteiger charge is -2.19. The molecule has 0 aromatic carbocycles. The monoisotopic (exact) mass is 260 g/mol. The molecule has 0 saturated carbocycles. The normalized spacial score (nSPS) is 11.6. The summed E-state index contributed by atoms with van der Waals surface area (Å²) in [6, 6.07) is 1.40. The standard InChI is InChI=1S/C14H17FN4/c1-8-11(9-5-10(15)7-17-6-9)18-13(14(2,3)4)19-12(8)16/h5-7H,1-4H3,(H2,16,18,19). The molecule has 0 amide bonds. The van der Waals surface area contributed by atoms with Crippen LogP contribution in [0.2, 0.25) is 0 Å². The van der Waals surface area contributed by atoms with Crippen molar-refractivity contribution in [3.05, 3.63) is 35.7 Å². The molecule has 2 heterocycles. The van der Waals surface area contributed by atoms with Gasteiger partial charge in [-0.2, -0.15) is 0 Å². The van der Waals surface area contributed by atoms with Gasteiger partial charge in [0.2, 0.25) is 0 Å². The van der Waals surface area contributed by atoms with Gasteiger partial charge in [-0.1, -0.05) is 20.8 Å². The molecule has 0 unspecified atom stereocenters.